The van der Waals surface area contributed by atoms with E-state index in [2.05, 4.69) is 10.2 Å². The number of hydrogen-bond donors (Lipinski definition) is 1. The summed E-state index contributed by atoms with van der Waals surface area (Å²) in [6.45, 7) is 0. The molecule has 0 atom stereocenters. The molecule has 4 rings (SSSR count). The second-order valence-corrected chi connectivity index (χ2v) is 7.27. The molecule has 0 bridgehead atoms. The van der Waals surface area contributed by atoms with Crippen molar-refractivity contribution in [2.75, 3.05) is 12.1 Å². The molecule has 0 radical (unpaired) electrons. The van der Waals surface area contributed by atoms with Gasteiger partial charge in [0.25, 0.3) is 11.8 Å². The number of esters is 1. The molecule has 9 nitrogen and oxygen atoms in total. The monoisotopic (exact) mass is 465 g/mol. The zero-order valence-electron chi connectivity index (χ0n) is 17.0. The molecule has 1 saturated heterocycles. The van der Waals surface area contributed by atoms with E-state index in [-0.39, 0.29) is 21.9 Å². The molecular weight excluding hydrogens is 452 g/mol. The number of ether oxygens (including phenoxy) is 1. The fourth-order valence-corrected chi connectivity index (χ4v) is 3.36. The van der Waals surface area contributed by atoms with E-state index in [1.807, 2.05) is 0 Å². The van der Waals surface area contributed by atoms with Crippen LogP contribution in [-0.2, 0) is 14.3 Å². The van der Waals surface area contributed by atoms with Crippen molar-refractivity contribution in [3.8, 4) is 11.3 Å². The van der Waals surface area contributed by atoms with Crippen LogP contribution < -0.4 is 15.5 Å². The number of hydrazine groups is 1. The van der Waals surface area contributed by atoms with Crippen LogP contribution in [0.1, 0.15) is 26.5 Å². The maximum Gasteiger partial charge on any atom is 0.337 e. The van der Waals surface area contributed by atoms with Gasteiger partial charge in [-0.25, -0.2) is 9.80 Å². The van der Waals surface area contributed by atoms with Crippen molar-refractivity contribution < 1.29 is 33.4 Å². The molecule has 1 aliphatic heterocycles. The predicted octanol–water partition coefficient (Wildman–Crippen LogP) is 2.21. The normalized spacial score (nSPS) is 14.5. The van der Waals surface area contributed by atoms with Crippen LogP contribution in [0.25, 0.3) is 17.4 Å². The number of carboxylic acid groups (broad SMARTS) is 1. The van der Waals surface area contributed by atoms with Crippen molar-refractivity contribution in [1.29, 1.82) is 0 Å². The third kappa shape index (κ3) is 4.21. The first-order valence-electron chi connectivity index (χ1n) is 9.45. The highest BCUT2D eigenvalue weighted by Crippen LogP contribution is 2.28. The van der Waals surface area contributed by atoms with Gasteiger partial charge >= 0.3 is 5.97 Å². The van der Waals surface area contributed by atoms with E-state index in [4.69, 9.17) is 16.0 Å². The Kier molecular flexibility index (Phi) is 5.72. The van der Waals surface area contributed by atoms with E-state index in [0.29, 0.717) is 22.6 Å². The molecule has 0 unspecified atom stereocenters. The zero-order valence-corrected chi connectivity index (χ0v) is 17.7. The topological polar surface area (TPSA) is 129 Å². The van der Waals surface area contributed by atoms with E-state index in [1.54, 1.807) is 12.1 Å². The zero-order chi connectivity index (χ0) is 23.7. The Labute approximate surface area is 191 Å². The molecule has 1 N–H and O–H groups in total. The fraction of sp³-hybridized carbons (Fsp3) is 0.0435. The Morgan fingerprint density at radius 1 is 1.09 bits per heavy atom. The first-order valence-corrected chi connectivity index (χ1v) is 9.83. The number of halogens is 1. The third-order valence-corrected chi connectivity index (χ3v) is 5.15. The van der Waals surface area contributed by atoms with Crippen LogP contribution in [0.4, 0.5) is 5.69 Å². The molecule has 1 fully saturated rings. The molecule has 2 amide bonds. The van der Waals surface area contributed by atoms with Crippen LogP contribution in [0.2, 0.25) is 5.02 Å². The summed E-state index contributed by atoms with van der Waals surface area (Å²) in [4.78, 5) is 47.9. The molecular formula is C23H14ClN2O7-. The average molecular weight is 466 g/mol. The van der Waals surface area contributed by atoms with Crippen molar-refractivity contribution in [3.63, 3.8) is 0 Å². The number of benzene rings is 2. The van der Waals surface area contributed by atoms with Gasteiger partial charge in [-0.05, 0) is 60.7 Å². The number of methoxy groups -OCH3 is 1. The van der Waals surface area contributed by atoms with Crippen molar-refractivity contribution >= 4 is 47.1 Å². The smallest absolute Gasteiger partial charge is 0.337 e. The van der Waals surface area contributed by atoms with Gasteiger partial charge in [-0.1, -0.05) is 11.6 Å². The summed E-state index contributed by atoms with van der Waals surface area (Å²) in [5.74, 6) is -2.70. The molecule has 0 saturated carbocycles. The van der Waals surface area contributed by atoms with Crippen LogP contribution in [0, 0.1) is 0 Å². The Bertz CT molecular complexity index is 1320. The molecule has 33 heavy (non-hydrogen) atoms. The fourth-order valence-electron chi connectivity index (χ4n) is 3.17. The molecule has 2 heterocycles. The quantitative estimate of drug-likeness (QED) is 0.347. The van der Waals surface area contributed by atoms with Gasteiger partial charge in [0.1, 0.15) is 17.1 Å². The molecule has 1 aromatic heterocycles. The van der Waals surface area contributed by atoms with Crippen LogP contribution >= 0.6 is 11.6 Å². The Morgan fingerprint density at radius 2 is 1.82 bits per heavy atom. The number of anilines is 1. The lowest BCUT2D eigenvalue weighted by Crippen LogP contribution is -2.35. The summed E-state index contributed by atoms with van der Waals surface area (Å²) < 4.78 is 10.3. The van der Waals surface area contributed by atoms with Crippen molar-refractivity contribution in [3.05, 3.63) is 82.1 Å². The van der Waals surface area contributed by atoms with Gasteiger partial charge in [0.15, 0.2) is 0 Å². The van der Waals surface area contributed by atoms with E-state index >= 15 is 0 Å². The minimum absolute atomic E-state index is 0.0283. The van der Waals surface area contributed by atoms with Gasteiger partial charge in [-0.2, -0.15) is 0 Å². The minimum atomic E-state index is -1.43. The summed E-state index contributed by atoms with van der Waals surface area (Å²) in [6, 6.07) is 13.3. The molecule has 2 aromatic carbocycles. The summed E-state index contributed by atoms with van der Waals surface area (Å²) in [6.07, 6.45) is 1.28. The van der Waals surface area contributed by atoms with E-state index in [0.717, 1.165) is 5.01 Å². The SMILES string of the molecule is COC(=O)c1ccc(N2NC(=O)/C(=C/c3ccc(-c4ccc(Cl)c(C(=O)[O-])c4)o3)C2=O)cc1. The van der Waals surface area contributed by atoms with Crippen LogP contribution in [0.5, 0.6) is 0 Å². The highest BCUT2D eigenvalue weighted by atomic mass is 35.5. The van der Waals surface area contributed by atoms with Gasteiger partial charge in [-0.3, -0.25) is 15.0 Å². The number of hydrogen-bond acceptors (Lipinski definition) is 7. The van der Waals surface area contributed by atoms with E-state index < -0.39 is 23.8 Å². The number of carbonyl (C=O) groups is 4. The van der Waals surface area contributed by atoms with Gasteiger partial charge in [0.05, 0.1) is 24.3 Å². The highest BCUT2D eigenvalue weighted by molar-refractivity contribution is 6.33. The van der Waals surface area contributed by atoms with E-state index in [9.17, 15) is 24.3 Å². The molecule has 10 heteroatoms. The maximum absolute atomic E-state index is 12.8. The molecule has 166 valence electrons. The number of carbonyl (C=O) groups excluding carboxylic acids is 4. The van der Waals surface area contributed by atoms with Crippen LogP contribution in [0.15, 0.2) is 64.6 Å². The minimum Gasteiger partial charge on any atom is -0.545 e. The van der Waals surface area contributed by atoms with Gasteiger partial charge in [0.2, 0.25) is 0 Å². The summed E-state index contributed by atoms with van der Waals surface area (Å²) in [7, 11) is 1.26. The van der Waals surface area contributed by atoms with Crippen molar-refractivity contribution in [2.24, 2.45) is 0 Å². The first-order chi connectivity index (χ1) is 15.8. The Morgan fingerprint density at radius 3 is 2.48 bits per heavy atom. The highest BCUT2D eigenvalue weighted by Gasteiger charge is 2.34. The summed E-state index contributed by atoms with van der Waals surface area (Å²) in [5.41, 5.74) is 3.16. The van der Waals surface area contributed by atoms with Crippen LogP contribution in [-0.4, -0.2) is 30.9 Å². The molecule has 0 spiro atoms. The average Bonchev–Trinajstić information content (AvgIpc) is 3.39. The van der Waals surface area contributed by atoms with E-state index in [1.165, 1.54) is 55.7 Å². The number of furan rings is 1. The van der Waals surface area contributed by atoms with Gasteiger partial charge in [0, 0.05) is 16.1 Å². The predicted molar refractivity (Wildman–Crippen MR) is 115 cm³/mol. The lowest BCUT2D eigenvalue weighted by atomic mass is 10.1. The number of amides is 2. The lowest BCUT2D eigenvalue weighted by molar-refractivity contribution is -0.255. The summed E-state index contributed by atoms with van der Waals surface area (Å²) >= 11 is 5.85. The van der Waals surface area contributed by atoms with Gasteiger partial charge in [-0.15, -0.1) is 0 Å². The number of nitrogens with one attached hydrogen (secondary N) is 1. The number of nitrogens with zero attached hydrogens (tertiary/aromatic N) is 1. The molecule has 0 aliphatic carbocycles. The largest absolute Gasteiger partial charge is 0.545 e. The molecule has 1 aliphatic rings. The van der Waals surface area contributed by atoms with Crippen molar-refractivity contribution in [1.82, 2.24) is 5.43 Å². The van der Waals surface area contributed by atoms with Crippen LogP contribution in [0.3, 0.4) is 0 Å². The van der Waals surface area contributed by atoms with Crippen molar-refractivity contribution in [2.45, 2.75) is 0 Å². The second-order valence-electron chi connectivity index (χ2n) is 6.86. The standard InChI is InChI=1S/C23H15ClN2O7/c1-32-23(31)12-2-5-14(6-3-12)26-21(28)17(20(27)25-26)11-15-7-9-19(33-15)13-4-8-18(24)16(10-13)22(29)30/h2-11H,1H3,(H,25,27)(H,29,30)/p-1/b17-11-. The third-order valence-electron chi connectivity index (χ3n) is 4.82. The van der Waals surface area contributed by atoms with Gasteiger partial charge < -0.3 is 19.1 Å². The first kappa shape index (κ1) is 21.8. The Hall–Kier alpha value is -4.37. The number of carboxylic acids is 1. The maximum atomic E-state index is 12.8. The lowest BCUT2D eigenvalue weighted by Gasteiger charge is -2.14. The summed E-state index contributed by atoms with van der Waals surface area (Å²) in [5, 5.41) is 12.3. The Balaban J connectivity index is 1.58. The second kappa shape index (κ2) is 8.64. The molecule has 3 aromatic rings. The number of rotatable bonds is 5. The number of aromatic carboxylic acids is 1.